The van der Waals surface area contributed by atoms with Crippen LogP contribution in [0.1, 0.15) is 33.3 Å². The zero-order valence-electron chi connectivity index (χ0n) is 18.1. The molecule has 0 atom stereocenters. The maximum atomic E-state index is 5.97. The van der Waals surface area contributed by atoms with Crippen molar-refractivity contribution in [1.29, 1.82) is 0 Å². The van der Waals surface area contributed by atoms with Crippen LogP contribution in [0.3, 0.4) is 0 Å². The highest BCUT2D eigenvalue weighted by molar-refractivity contribution is 5.20. The van der Waals surface area contributed by atoms with E-state index in [1.54, 1.807) is 0 Å². The standard InChI is InChI=1S/C25H38NO2/c1-22(2)19-26(20-23(3)4,21-24-11-7-5-8-12-24)15-16-27-17-18-28-25-13-9-6-10-14-25/h5-14,22-23H,15-21H2,1-4H3/q+1. The number of quaternary nitrogens is 1. The van der Waals surface area contributed by atoms with E-state index >= 15 is 0 Å². The van der Waals surface area contributed by atoms with E-state index in [2.05, 4.69) is 58.0 Å². The molecule has 3 nitrogen and oxygen atoms in total. The zero-order valence-corrected chi connectivity index (χ0v) is 18.1. The van der Waals surface area contributed by atoms with Crippen molar-refractivity contribution in [3.8, 4) is 5.75 Å². The van der Waals surface area contributed by atoms with E-state index < -0.39 is 0 Å². The van der Waals surface area contributed by atoms with Gasteiger partial charge in [0, 0.05) is 17.4 Å². The second-order valence-corrected chi connectivity index (χ2v) is 8.64. The summed E-state index contributed by atoms with van der Waals surface area (Å²) in [4.78, 5) is 0. The van der Waals surface area contributed by atoms with E-state index in [4.69, 9.17) is 9.47 Å². The van der Waals surface area contributed by atoms with Gasteiger partial charge in [-0.1, -0.05) is 76.2 Å². The Kier molecular flexibility index (Phi) is 9.52. The van der Waals surface area contributed by atoms with Crippen LogP contribution in [-0.4, -0.2) is 43.9 Å². The van der Waals surface area contributed by atoms with E-state index in [0.29, 0.717) is 25.0 Å². The van der Waals surface area contributed by atoms with Gasteiger partial charge in [-0.25, -0.2) is 0 Å². The summed E-state index contributed by atoms with van der Waals surface area (Å²) in [5.74, 6) is 2.22. The zero-order chi connectivity index (χ0) is 20.2. The molecule has 0 N–H and O–H groups in total. The first-order chi connectivity index (χ1) is 13.5. The van der Waals surface area contributed by atoms with Crippen LogP contribution >= 0.6 is 0 Å². The number of nitrogens with zero attached hydrogens (tertiary/aromatic N) is 1. The lowest BCUT2D eigenvalue weighted by Gasteiger charge is -2.41. The highest BCUT2D eigenvalue weighted by Gasteiger charge is 2.29. The summed E-state index contributed by atoms with van der Waals surface area (Å²) in [6.07, 6.45) is 0. The Hall–Kier alpha value is -1.84. The third kappa shape index (κ3) is 8.45. The normalized spacial score (nSPS) is 11.9. The van der Waals surface area contributed by atoms with Gasteiger partial charge in [-0.15, -0.1) is 0 Å². The van der Waals surface area contributed by atoms with Crippen LogP contribution in [-0.2, 0) is 11.3 Å². The summed E-state index contributed by atoms with van der Waals surface area (Å²) in [6.45, 7) is 15.8. The second-order valence-electron chi connectivity index (χ2n) is 8.64. The van der Waals surface area contributed by atoms with Crippen LogP contribution in [0.5, 0.6) is 5.75 Å². The Morgan fingerprint density at radius 1 is 0.714 bits per heavy atom. The molecule has 0 amide bonds. The van der Waals surface area contributed by atoms with Crippen molar-refractivity contribution in [3.63, 3.8) is 0 Å². The molecule has 0 aliphatic carbocycles. The minimum Gasteiger partial charge on any atom is -0.491 e. The number of ether oxygens (including phenoxy) is 2. The Balaban J connectivity index is 1.90. The van der Waals surface area contributed by atoms with Gasteiger partial charge in [0.05, 0.1) is 26.3 Å². The summed E-state index contributed by atoms with van der Waals surface area (Å²) in [5, 5.41) is 0. The molecule has 0 saturated carbocycles. The van der Waals surface area contributed by atoms with Crippen molar-refractivity contribution in [3.05, 3.63) is 66.2 Å². The van der Waals surface area contributed by atoms with Gasteiger partial charge in [-0.05, 0) is 12.1 Å². The molecule has 154 valence electrons. The van der Waals surface area contributed by atoms with Crippen LogP contribution in [0.25, 0.3) is 0 Å². The minimum absolute atomic E-state index is 0.594. The summed E-state index contributed by atoms with van der Waals surface area (Å²) < 4.78 is 12.8. The van der Waals surface area contributed by atoms with Gasteiger partial charge in [0.15, 0.2) is 0 Å². The predicted molar refractivity (Wildman–Crippen MR) is 117 cm³/mol. The van der Waals surface area contributed by atoms with Crippen molar-refractivity contribution in [2.24, 2.45) is 11.8 Å². The van der Waals surface area contributed by atoms with Crippen LogP contribution in [0, 0.1) is 11.8 Å². The maximum Gasteiger partial charge on any atom is 0.119 e. The van der Waals surface area contributed by atoms with Crippen molar-refractivity contribution in [1.82, 2.24) is 0 Å². The number of benzene rings is 2. The summed E-state index contributed by atoms with van der Waals surface area (Å²) in [6, 6.07) is 20.8. The fourth-order valence-corrected chi connectivity index (χ4v) is 4.08. The van der Waals surface area contributed by atoms with E-state index in [1.807, 2.05) is 30.3 Å². The van der Waals surface area contributed by atoms with Gasteiger partial charge in [-0.3, -0.25) is 0 Å². The van der Waals surface area contributed by atoms with Gasteiger partial charge >= 0.3 is 0 Å². The Labute approximate surface area is 171 Å². The summed E-state index contributed by atoms with van der Waals surface area (Å²) in [7, 11) is 0. The van der Waals surface area contributed by atoms with Gasteiger partial charge in [0.25, 0.3) is 0 Å². The van der Waals surface area contributed by atoms with Crippen molar-refractivity contribution in [2.75, 3.05) is 39.5 Å². The highest BCUT2D eigenvalue weighted by atomic mass is 16.5. The van der Waals surface area contributed by atoms with Crippen LogP contribution < -0.4 is 4.74 Å². The van der Waals surface area contributed by atoms with Crippen LogP contribution in [0.4, 0.5) is 0 Å². The SMILES string of the molecule is CC(C)C[N+](CCOCCOc1ccccc1)(Cc1ccccc1)CC(C)C. The molecule has 28 heavy (non-hydrogen) atoms. The van der Waals surface area contributed by atoms with Crippen molar-refractivity contribution < 1.29 is 14.0 Å². The summed E-state index contributed by atoms with van der Waals surface area (Å²) in [5.41, 5.74) is 1.41. The van der Waals surface area contributed by atoms with E-state index in [-0.39, 0.29) is 0 Å². The summed E-state index contributed by atoms with van der Waals surface area (Å²) >= 11 is 0. The molecule has 0 saturated heterocycles. The fraction of sp³-hybridized carbons (Fsp3) is 0.520. The lowest BCUT2D eigenvalue weighted by Crippen LogP contribution is -2.53. The number of para-hydroxylation sites is 1. The molecule has 2 rings (SSSR count). The minimum atomic E-state index is 0.594. The molecule has 0 fully saturated rings. The number of hydrogen-bond donors (Lipinski definition) is 0. The average molecular weight is 385 g/mol. The van der Waals surface area contributed by atoms with Gasteiger partial charge in [0.2, 0.25) is 0 Å². The topological polar surface area (TPSA) is 18.5 Å². The molecule has 0 heterocycles. The van der Waals surface area contributed by atoms with E-state index in [1.165, 1.54) is 18.7 Å². The van der Waals surface area contributed by atoms with Crippen molar-refractivity contribution >= 4 is 0 Å². The monoisotopic (exact) mass is 384 g/mol. The molecule has 2 aromatic rings. The lowest BCUT2D eigenvalue weighted by molar-refractivity contribution is -0.946. The molecule has 0 aromatic heterocycles. The molecular weight excluding hydrogens is 346 g/mol. The van der Waals surface area contributed by atoms with Gasteiger partial charge in [0.1, 0.15) is 25.4 Å². The maximum absolute atomic E-state index is 5.97. The smallest absolute Gasteiger partial charge is 0.119 e. The van der Waals surface area contributed by atoms with Gasteiger partial charge < -0.3 is 14.0 Å². The van der Waals surface area contributed by atoms with Crippen LogP contribution in [0.15, 0.2) is 60.7 Å². The molecule has 0 radical (unpaired) electrons. The van der Waals surface area contributed by atoms with Crippen molar-refractivity contribution in [2.45, 2.75) is 34.2 Å². The highest BCUT2D eigenvalue weighted by Crippen LogP contribution is 2.20. The Bertz CT molecular complexity index is 630. The molecular formula is C25H38NO2+. The molecule has 2 aromatic carbocycles. The molecule has 0 spiro atoms. The second kappa shape index (κ2) is 11.9. The first-order valence-corrected chi connectivity index (χ1v) is 10.6. The first-order valence-electron chi connectivity index (χ1n) is 10.6. The Morgan fingerprint density at radius 3 is 1.86 bits per heavy atom. The third-order valence-corrected chi connectivity index (χ3v) is 4.82. The quantitative estimate of drug-likeness (QED) is 0.339. The van der Waals surface area contributed by atoms with Crippen LogP contribution in [0.2, 0.25) is 0 Å². The largest absolute Gasteiger partial charge is 0.491 e. The first kappa shape index (κ1) is 22.4. The third-order valence-electron chi connectivity index (χ3n) is 4.82. The molecule has 0 aliphatic rings. The Morgan fingerprint density at radius 2 is 1.29 bits per heavy atom. The van der Waals surface area contributed by atoms with Gasteiger partial charge in [-0.2, -0.15) is 0 Å². The van der Waals surface area contributed by atoms with E-state index in [0.717, 1.165) is 29.9 Å². The number of hydrogen-bond acceptors (Lipinski definition) is 2. The molecule has 3 heteroatoms. The average Bonchev–Trinajstić information content (AvgIpc) is 2.65. The fourth-order valence-electron chi connectivity index (χ4n) is 4.08. The molecule has 0 unspecified atom stereocenters. The molecule has 0 bridgehead atoms. The lowest BCUT2D eigenvalue weighted by atomic mass is 10.1. The van der Waals surface area contributed by atoms with E-state index in [9.17, 15) is 0 Å². The number of rotatable bonds is 13. The predicted octanol–water partition coefficient (Wildman–Crippen LogP) is 5.41. The molecule has 0 aliphatic heterocycles.